The third kappa shape index (κ3) is 2.27. The Labute approximate surface area is 109 Å². The topological polar surface area (TPSA) is 103 Å². The number of aliphatic hydroxyl groups is 2. The van der Waals surface area contributed by atoms with Gasteiger partial charge in [-0.1, -0.05) is 0 Å². The second-order valence-electron chi connectivity index (χ2n) is 4.85. The molecule has 4 N–H and O–H groups in total. The number of carbonyl (C=O) groups excluding carboxylic acids is 1. The number of carbonyl (C=O) groups is 1. The van der Waals surface area contributed by atoms with Crippen LogP contribution in [0.15, 0.2) is 11.5 Å². The molecule has 1 fully saturated rings. The number of amides is 2. The van der Waals surface area contributed by atoms with Gasteiger partial charge in [-0.15, -0.1) is 0 Å². The van der Waals surface area contributed by atoms with Crippen LogP contribution < -0.4 is 10.8 Å². The van der Waals surface area contributed by atoms with Gasteiger partial charge in [0.25, 0.3) is 0 Å². The van der Waals surface area contributed by atoms with E-state index in [1.54, 1.807) is 0 Å². The standard InChI is InChI=1S/C11H17N3O5/c15-5-8-7(16)3-9(18-8)14-4-6-1-2-12-19-10(6)13-11(14)17/h7-9,12,15-16H,1-5H2,(H,13,17)/t7-,8+,9+/m0/s1. The summed E-state index contributed by atoms with van der Waals surface area (Å²) in [4.78, 5) is 18.7. The lowest BCUT2D eigenvalue weighted by molar-refractivity contribution is -0.0656. The van der Waals surface area contributed by atoms with E-state index >= 15 is 0 Å². The Hall–Kier alpha value is -1.35. The molecule has 2 amide bonds. The lowest BCUT2D eigenvalue weighted by Crippen LogP contribution is -2.53. The summed E-state index contributed by atoms with van der Waals surface area (Å²) in [5.74, 6) is 0.463. The van der Waals surface area contributed by atoms with Gasteiger partial charge >= 0.3 is 6.03 Å². The van der Waals surface area contributed by atoms with E-state index in [-0.39, 0.29) is 12.6 Å². The van der Waals surface area contributed by atoms with E-state index in [9.17, 15) is 9.90 Å². The molecule has 0 radical (unpaired) electrons. The van der Waals surface area contributed by atoms with Crippen LogP contribution in [0.3, 0.4) is 0 Å². The molecule has 0 aromatic heterocycles. The predicted octanol–water partition coefficient (Wildman–Crippen LogP) is -1.38. The number of urea groups is 1. The van der Waals surface area contributed by atoms with Crippen LogP contribution in [-0.2, 0) is 9.57 Å². The average Bonchev–Trinajstić information content (AvgIpc) is 2.79. The summed E-state index contributed by atoms with van der Waals surface area (Å²) in [5, 5.41) is 21.4. The van der Waals surface area contributed by atoms with E-state index in [1.165, 1.54) is 4.90 Å². The van der Waals surface area contributed by atoms with E-state index in [0.29, 0.717) is 25.4 Å². The lowest BCUT2D eigenvalue weighted by atomic mass is 10.1. The number of ether oxygens (including phenoxy) is 1. The molecule has 106 valence electrons. The van der Waals surface area contributed by atoms with Gasteiger partial charge in [-0.25, -0.2) is 4.79 Å². The highest BCUT2D eigenvalue weighted by Crippen LogP contribution is 2.27. The molecule has 3 rings (SSSR count). The van der Waals surface area contributed by atoms with E-state index in [0.717, 1.165) is 12.0 Å². The minimum atomic E-state index is -0.748. The van der Waals surface area contributed by atoms with Crippen LogP contribution in [0.4, 0.5) is 4.79 Å². The van der Waals surface area contributed by atoms with Gasteiger partial charge in [-0.05, 0) is 6.42 Å². The third-order valence-corrected chi connectivity index (χ3v) is 3.60. The monoisotopic (exact) mass is 271 g/mol. The number of nitrogens with one attached hydrogen (secondary N) is 2. The number of nitrogens with zero attached hydrogens (tertiary/aromatic N) is 1. The van der Waals surface area contributed by atoms with Gasteiger partial charge in [-0.3, -0.25) is 10.2 Å². The van der Waals surface area contributed by atoms with Crippen molar-refractivity contribution in [3.63, 3.8) is 0 Å². The van der Waals surface area contributed by atoms with Crippen LogP contribution in [0.1, 0.15) is 12.8 Å². The van der Waals surface area contributed by atoms with Crippen LogP contribution in [0, 0.1) is 0 Å². The summed E-state index contributed by atoms with van der Waals surface area (Å²) in [6.45, 7) is 0.850. The zero-order valence-electron chi connectivity index (χ0n) is 10.3. The van der Waals surface area contributed by atoms with Crippen molar-refractivity contribution in [1.82, 2.24) is 15.7 Å². The molecular weight excluding hydrogens is 254 g/mol. The van der Waals surface area contributed by atoms with Crippen molar-refractivity contribution in [2.45, 2.75) is 31.3 Å². The van der Waals surface area contributed by atoms with Crippen molar-refractivity contribution in [3.8, 4) is 0 Å². The first kappa shape index (κ1) is 12.7. The van der Waals surface area contributed by atoms with Gasteiger partial charge in [0.2, 0.25) is 5.88 Å². The number of hydrogen-bond acceptors (Lipinski definition) is 6. The molecule has 0 aliphatic carbocycles. The molecule has 0 aromatic carbocycles. The maximum absolute atomic E-state index is 12.0. The highest BCUT2D eigenvalue weighted by molar-refractivity contribution is 5.78. The lowest BCUT2D eigenvalue weighted by Gasteiger charge is -2.35. The summed E-state index contributed by atoms with van der Waals surface area (Å²) in [5.41, 5.74) is 3.71. The van der Waals surface area contributed by atoms with Crippen LogP contribution in [0.2, 0.25) is 0 Å². The van der Waals surface area contributed by atoms with Gasteiger partial charge in [0, 0.05) is 18.5 Å². The molecule has 19 heavy (non-hydrogen) atoms. The molecular formula is C11H17N3O5. The van der Waals surface area contributed by atoms with Crippen LogP contribution >= 0.6 is 0 Å². The zero-order valence-corrected chi connectivity index (χ0v) is 10.3. The molecule has 0 saturated carbocycles. The fraction of sp³-hybridized carbons (Fsp3) is 0.727. The summed E-state index contributed by atoms with van der Waals surface area (Å²) in [7, 11) is 0. The summed E-state index contributed by atoms with van der Waals surface area (Å²) in [6.07, 6.45) is -0.804. The van der Waals surface area contributed by atoms with Crippen LogP contribution in [0.25, 0.3) is 0 Å². The minimum absolute atomic E-state index is 0.256. The fourth-order valence-electron chi connectivity index (χ4n) is 2.53. The Morgan fingerprint density at radius 1 is 1.47 bits per heavy atom. The molecule has 3 aliphatic rings. The molecule has 0 aromatic rings. The second-order valence-corrected chi connectivity index (χ2v) is 4.85. The Morgan fingerprint density at radius 2 is 2.32 bits per heavy atom. The molecule has 0 unspecified atom stereocenters. The predicted molar refractivity (Wildman–Crippen MR) is 62.3 cm³/mol. The maximum atomic E-state index is 12.0. The summed E-state index contributed by atoms with van der Waals surface area (Å²) < 4.78 is 5.50. The van der Waals surface area contributed by atoms with Crippen LogP contribution in [0.5, 0.6) is 0 Å². The first-order valence-electron chi connectivity index (χ1n) is 6.32. The summed E-state index contributed by atoms with van der Waals surface area (Å²) >= 11 is 0. The number of aliphatic hydroxyl groups excluding tert-OH is 2. The van der Waals surface area contributed by atoms with E-state index in [4.69, 9.17) is 14.7 Å². The summed E-state index contributed by atoms with van der Waals surface area (Å²) in [6, 6.07) is -0.321. The Kier molecular flexibility index (Phi) is 3.31. The van der Waals surface area contributed by atoms with Gasteiger partial charge in [0.1, 0.15) is 12.3 Å². The molecule has 1 saturated heterocycles. The molecule has 3 aliphatic heterocycles. The van der Waals surface area contributed by atoms with Gasteiger partial charge < -0.3 is 19.8 Å². The average molecular weight is 271 g/mol. The van der Waals surface area contributed by atoms with Gasteiger partial charge in [0.15, 0.2) is 0 Å². The van der Waals surface area contributed by atoms with E-state index in [2.05, 4.69) is 10.8 Å². The number of rotatable bonds is 2. The van der Waals surface area contributed by atoms with Crippen molar-refractivity contribution in [1.29, 1.82) is 0 Å². The molecule has 0 spiro atoms. The highest BCUT2D eigenvalue weighted by atomic mass is 16.7. The third-order valence-electron chi connectivity index (χ3n) is 3.60. The molecule has 3 atom stereocenters. The van der Waals surface area contributed by atoms with Crippen molar-refractivity contribution >= 4 is 6.03 Å². The number of hydroxylamine groups is 1. The zero-order chi connectivity index (χ0) is 13.4. The normalized spacial score (nSPS) is 34.9. The van der Waals surface area contributed by atoms with Crippen molar-refractivity contribution < 1.29 is 24.6 Å². The van der Waals surface area contributed by atoms with Crippen LogP contribution in [-0.4, -0.2) is 59.3 Å². The van der Waals surface area contributed by atoms with Gasteiger partial charge in [0.05, 0.1) is 19.3 Å². The van der Waals surface area contributed by atoms with Crippen molar-refractivity contribution in [2.75, 3.05) is 19.7 Å². The Bertz CT molecular complexity index is 413. The SMILES string of the molecule is O=C1NC2=C(CCNO2)CN1[C@H]1C[C@H](O)[C@@H](CO)O1. The van der Waals surface area contributed by atoms with Gasteiger partial charge in [-0.2, -0.15) is 5.48 Å². The Morgan fingerprint density at radius 3 is 3.05 bits per heavy atom. The van der Waals surface area contributed by atoms with Crippen molar-refractivity contribution in [3.05, 3.63) is 11.5 Å². The fourth-order valence-corrected chi connectivity index (χ4v) is 2.53. The molecule has 0 bridgehead atoms. The molecule has 8 heteroatoms. The van der Waals surface area contributed by atoms with Crippen molar-refractivity contribution in [2.24, 2.45) is 0 Å². The molecule has 8 nitrogen and oxygen atoms in total. The largest absolute Gasteiger partial charge is 0.394 e. The first-order chi connectivity index (χ1) is 9.19. The second kappa shape index (κ2) is 4.97. The highest BCUT2D eigenvalue weighted by Gasteiger charge is 2.41. The maximum Gasteiger partial charge on any atom is 0.326 e. The van der Waals surface area contributed by atoms with E-state index < -0.39 is 18.4 Å². The molecule has 3 heterocycles. The first-order valence-corrected chi connectivity index (χ1v) is 6.32. The quantitative estimate of drug-likeness (QED) is 0.493. The van der Waals surface area contributed by atoms with E-state index in [1.807, 2.05) is 0 Å². The Balaban J connectivity index is 1.72. The minimum Gasteiger partial charge on any atom is -0.394 e. The number of hydrogen-bond donors (Lipinski definition) is 4. The smallest absolute Gasteiger partial charge is 0.326 e.